The quantitative estimate of drug-likeness (QED) is 0.827. The number of benzene rings is 1. The second-order valence-electron chi connectivity index (χ2n) is 4.23. The normalized spacial score (nSPS) is 27.2. The van der Waals surface area contributed by atoms with E-state index in [1.165, 1.54) is 0 Å². The molecule has 4 nitrogen and oxygen atoms in total. The first-order valence-electron chi connectivity index (χ1n) is 5.62. The fraction of sp³-hybridized carbons (Fsp3) is 0.308. The molecule has 1 unspecified atom stereocenters. The van der Waals surface area contributed by atoms with Crippen LogP contribution in [0.2, 0.25) is 0 Å². The van der Waals surface area contributed by atoms with Gasteiger partial charge in [0.15, 0.2) is 6.23 Å². The zero-order valence-corrected chi connectivity index (χ0v) is 9.24. The van der Waals surface area contributed by atoms with Gasteiger partial charge in [0.1, 0.15) is 0 Å². The monoisotopic (exact) mass is 231 g/mol. The highest BCUT2D eigenvalue weighted by Crippen LogP contribution is 2.38. The minimum atomic E-state index is -0.403. The summed E-state index contributed by atoms with van der Waals surface area (Å²) < 4.78 is 5.62. The standard InChI is InChI=1S/C13H13NO3/c15-7-10-6-11-8-17-13(14(11)12(10)16)9-4-2-1-3-5-9/h1-6,10,13,15H,7-8H2/t10?,13-/m1/s1. The Labute approximate surface area is 99.1 Å². The van der Waals surface area contributed by atoms with E-state index < -0.39 is 5.92 Å². The van der Waals surface area contributed by atoms with E-state index in [9.17, 15) is 4.79 Å². The first kappa shape index (κ1) is 10.5. The second-order valence-corrected chi connectivity index (χ2v) is 4.23. The second kappa shape index (κ2) is 3.98. The lowest BCUT2D eigenvalue weighted by atomic mass is 10.1. The molecular formula is C13H13NO3. The van der Waals surface area contributed by atoms with Crippen molar-refractivity contribution in [3.05, 3.63) is 47.7 Å². The van der Waals surface area contributed by atoms with Gasteiger partial charge in [-0.2, -0.15) is 0 Å². The van der Waals surface area contributed by atoms with Crippen molar-refractivity contribution in [2.45, 2.75) is 6.23 Å². The van der Waals surface area contributed by atoms with E-state index in [0.717, 1.165) is 11.3 Å². The molecule has 0 radical (unpaired) electrons. The molecule has 0 aliphatic carbocycles. The number of hydrogen-bond acceptors (Lipinski definition) is 3. The van der Waals surface area contributed by atoms with Gasteiger partial charge >= 0.3 is 0 Å². The molecule has 2 atom stereocenters. The van der Waals surface area contributed by atoms with Crippen molar-refractivity contribution >= 4 is 5.91 Å². The molecule has 0 saturated carbocycles. The van der Waals surface area contributed by atoms with Gasteiger partial charge in [0.05, 0.1) is 19.1 Å². The van der Waals surface area contributed by atoms with Crippen molar-refractivity contribution in [3.8, 4) is 0 Å². The van der Waals surface area contributed by atoms with Crippen LogP contribution in [0.1, 0.15) is 11.8 Å². The Balaban J connectivity index is 1.92. The summed E-state index contributed by atoms with van der Waals surface area (Å²) >= 11 is 0. The minimum Gasteiger partial charge on any atom is -0.395 e. The van der Waals surface area contributed by atoms with E-state index in [1.807, 2.05) is 30.3 Å². The summed E-state index contributed by atoms with van der Waals surface area (Å²) in [6.07, 6.45) is 1.46. The molecule has 0 aromatic heterocycles. The maximum Gasteiger partial charge on any atom is 0.238 e. The van der Waals surface area contributed by atoms with Gasteiger partial charge in [-0.05, 0) is 6.08 Å². The van der Waals surface area contributed by atoms with Gasteiger partial charge in [0, 0.05) is 11.3 Å². The van der Waals surface area contributed by atoms with Crippen molar-refractivity contribution in [2.75, 3.05) is 13.2 Å². The lowest BCUT2D eigenvalue weighted by molar-refractivity contribution is -0.137. The molecule has 2 aliphatic rings. The molecule has 1 amide bonds. The Morgan fingerprint density at radius 2 is 2.12 bits per heavy atom. The van der Waals surface area contributed by atoms with Crippen LogP contribution in [0.25, 0.3) is 0 Å². The SMILES string of the molecule is O=C1C(CO)C=C2CO[C@H](c3ccccc3)N12. The Hall–Kier alpha value is -1.65. The summed E-state index contributed by atoms with van der Waals surface area (Å²) in [7, 11) is 0. The van der Waals surface area contributed by atoms with Gasteiger partial charge in [-0.3, -0.25) is 9.69 Å². The molecule has 1 aromatic rings. The number of amides is 1. The third-order valence-corrected chi connectivity index (χ3v) is 3.16. The number of aliphatic hydroxyl groups excluding tert-OH is 1. The van der Waals surface area contributed by atoms with E-state index in [2.05, 4.69) is 0 Å². The Kier molecular flexibility index (Phi) is 2.46. The topological polar surface area (TPSA) is 49.8 Å². The molecule has 0 bridgehead atoms. The van der Waals surface area contributed by atoms with Crippen LogP contribution < -0.4 is 0 Å². The molecule has 2 heterocycles. The maximum absolute atomic E-state index is 12.0. The highest BCUT2D eigenvalue weighted by atomic mass is 16.5. The molecule has 1 fully saturated rings. The molecule has 1 aromatic carbocycles. The predicted octanol–water partition coefficient (Wildman–Crippen LogP) is 1.05. The largest absolute Gasteiger partial charge is 0.395 e. The molecule has 0 spiro atoms. The third kappa shape index (κ3) is 1.57. The van der Waals surface area contributed by atoms with Crippen LogP contribution in [-0.2, 0) is 9.53 Å². The zero-order chi connectivity index (χ0) is 11.8. The van der Waals surface area contributed by atoms with Crippen LogP contribution in [0.4, 0.5) is 0 Å². The number of carbonyl (C=O) groups is 1. The third-order valence-electron chi connectivity index (χ3n) is 3.16. The van der Waals surface area contributed by atoms with E-state index in [-0.39, 0.29) is 18.7 Å². The maximum atomic E-state index is 12.0. The van der Waals surface area contributed by atoms with E-state index in [4.69, 9.17) is 9.84 Å². The summed E-state index contributed by atoms with van der Waals surface area (Å²) in [6.45, 7) is 0.294. The predicted molar refractivity (Wildman–Crippen MR) is 60.6 cm³/mol. The highest BCUT2D eigenvalue weighted by molar-refractivity contribution is 5.86. The van der Waals surface area contributed by atoms with E-state index in [1.54, 1.807) is 11.0 Å². The molecule has 4 heteroatoms. The first-order chi connectivity index (χ1) is 8.31. The van der Waals surface area contributed by atoms with Gasteiger partial charge in [-0.15, -0.1) is 0 Å². The van der Waals surface area contributed by atoms with E-state index in [0.29, 0.717) is 6.61 Å². The Morgan fingerprint density at radius 1 is 1.35 bits per heavy atom. The first-order valence-corrected chi connectivity index (χ1v) is 5.62. The molecule has 17 heavy (non-hydrogen) atoms. The van der Waals surface area contributed by atoms with Gasteiger partial charge in [-0.25, -0.2) is 0 Å². The summed E-state index contributed by atoms with van der Waals surface area (Å²) in [5, 5.41) is 9.12. The van der Waals surface area contributed by atoms with Gasteiger partial charge in [-0.1, -0.05) is 30.3 Å². The summed E-state index contributed by atoms with van der Waals surface area (Å²) in [6, 6.07) is 9.65. The number of aliphatic hydroxyl groups is 1. The van der Waals surface area contributed by atoms with Gasteiger partial charge in [0.2, 0.25) is 5.91 Å². The number of nitrogens with zero attached hydrogens (tertiary/aromatic N) is 1. The van der Waals surface area contributed by atoms with Crippen molar-refractivity contribution in [3.63, 3.8) is 0 Å². The van der Waals surface area contributed by atoms with Gasteiger partial charge < -0.3 is 9.84 Å². The van der Waals surface area contributed by atoms with Gasteiger partial charge in [0.25, 0.3) is 0 Å². The summed E-state index contributed by atoms with van der Waals surface area (Å²) in [4.78, 5) is 13.7. The van der Waals surface area contributed by atoms with Crippen molar-refractivity contribution in [1.29, 1.82) is 0 Å². The van der Waals surface area contributed by atoms with Crippen molar-refractivity contribution in [1.82, 2.24) is 4.90 Å². The average Bonchev–Trinajstić information content (AvgIpc) is 2.91. The fourth-order valence-corrected chi connectivity index (χ4v) is 2.32. The molecule has 3 rings (SSSR count). The van der Waals surface area contributed by atoms with Crippen LogP contribution in [0.3, 0.4) is 0 Å². The Morgan fingerprint density at radius 3 is 2.82 bits per heavy atom. The van der Waals surface area contributed by atoms with Crippen LogP contribution in [0.5, 0.6) is 0 Å². The number of ether oxygens (including phenoxy) is 1. The smallest absolute Gasteiger partial charge is 0.238 e. The molecule has 88 valence electrons. The number of rotatable bonds is 2. The van der Waals surface area contributed by atoms with Crippen LogP contribution in [0, 0.1) is 5.92 Å². The fourth-order valence-electron chi connectivity index (χ4n) is 2.32. The van der Waals surface area contributed by atoms with Crippen LogP contribution in [0.15, 0.2) is 42.1 Å². The molecular weight excluding hydrogens is 218 g/mol. The average molecular weight is 231 g/mol. The Bertz CT molecular complexity index is 469. The molecule has 2 aliphatic heterocycles. The lowest BCUT2D eigenvalue weighted by Gasteiger charge is -2.21. The molecule has 1 saturated heterocycles. The highest BCUT2D eigenvalue weighted by Gasteiger charge is 2.42. The lowest BCUT2D eigenvalue weighted by Crippen LogP contribution is -2.30. The molecule has 1 N–H and O–H groups in total. The summed E-state index contributed by atoms with van der Waals surface area (Å²) in [5.41, 5.74) is 1.82. The zero-order valence-electron chi connectivity index (χ0n) is 9.24. The van der Waals surface area contributed by atoms with Crippen molar-refractivity contribution in [2.24, 2.45) is 5.92 Å². The minimum absolute atomic E-state index is 0.0751. The van der Waals surface area contributed by atoms with Crippen LogP contribution >= 0.6 is 0 Å². The summed E-state index contributed by atoms with van der Waals surface area (Å²) in [5.74, 6) is -0.478. The number of carbonyl (C=O) groups excluding carboxylic acids is 1. The number of hydrogen-bond donors (Lipinski definition) is 1. The van der Waals surface area contributed by atoms with Crippen LogP contribution in [-0.4, -0.2) is 29.1 Å². The van der Waals surface area contributed by atoms with E-state index >= 15 is 0 Å². The number of fused-ring (bicyclic) bond motifs is 1. The van der Waals surface area contributed by atoms with Crippen molar-refractivity contribution < 1.29 is 14.6 Å².